The summed E-state index contributed by atoms with van der Waals surface area (Å²) in [4.78, 5) is 0. The van der Waals surface area contributed by atoms with Crippen LogP contribution in [0.5, 0.6) is 0 Å². The maximum atomic E-state index is 2.44. The first-order valence-corrected chi connectivity index (χ1v) is 12.0. The summed E-state index contributed by atoms with van der Waals surface area (Å²) in [7, 11) is 0. The van der Waals surface area contributed by atoms with Crippen LogP contribution in [0.3, 0.4) is 0 Å². The first-order chi connectivity index (χ1) is 14.9. The van der Waals surface area contributed by atoms with Crippen LogP contribution >= 0.6 is 0 Å². The Hall–Kier alpha value is -2.34. The lowest BCUT2D eigenvalue weighted by Crippen LogP contribution is -2.61. The molecule has 0 unspecified atom stereocenters. The number of rotatable bonds is 3. The smallest absolute Gasteiger partial charge is 0.00245 e. The minimum Gasteiger partial charge on any atom is -0.0590 e. The highest BCUT2D eigenvalue weighted by Gasteiger charge is 2.64. The van der Waals surface area contributed by atoms with Crippen LogP contribution < -0.4 is 0 Å². The van der Waals surface area contributed by atoms with Crippen LogP contribution in [-0.4, -0.2) is 0 Å². The van der Waals surface area contributed by atoms with E-state index in [1.165, 1.54) is 55.2 Å². The van der Waals surface area contributed by atoms with Crippen molar-refractivity contribution in [1.29, 1.82) is 0 Å². The molecule has 4 aliphatic carbocycles. The summed E-state index contributed by atoms with van der Waals surface area (Å²) in [5.41, 5.74) is 9.62. The molecule has 1 radical (unpaired) electrons. The average molecular weight is 406 g/mol. The third-order valence-corrected chi connectivity index (χ3v) is 8.79. The standard InChI is InChI=1S/C31H33/c1-22-4-10-26(11-5-22)29-16-25-17-30(19-29,27-12-6-23(2)7-13-27)21-31(18-25,20-29)28-14-8-24(3)9-15-28/h4-15H,16-21H2,1-3H3. The second-order valence-electron chi connectivity index (χ2n) is 11.2. The maximum absolute atomic E-state index is 2.44. The van der Waals surface area contributed by atoms with Gasteiger partial charge in [-0.05, 0) is 98.1 Å². The Morgan fingerprint density at radius 2 is 0.677 bits per heavy atom. The lowest BCUT2D eigenvalue weighted by Gasteiger charge is -2.67. The van der Waals surface area contributed by atoms with E-state index in [1.807, 2.05) is 5.92 Å². The summed E-state index contributed by atoms with van der Waals surface area (Å²) in [5, 5.41) is 0. The van der Waals surface area contributed by atoms with E-state index in [0.29, 0.717) is 0 Å². The van der Waals surface area contributed by atoms with Crippen LogP contribution in [0, 0.1) is 26.7 Å². The predicted molar refractivity (Wildman–Crippen MR) is 130 cm³/mol. The van der Waals surface area contributed by atoms with Gasteiger partial charge in [-0.3, -0.25) is 0 Å². The normalized spacial score (nSPS) is 31.8. The molecule has 0 nitrogen and oxygen atoms in total. The Kier molecular flexibility index (Phi) is 4.11. The van der Waals surface area contributed by atoms with E-state index >= 15 is 0 Å². The molecule has 4 aliphatic rings. The minimum absolute atomic E-state index is 0.271. The van der Waals surface area contributed by atoms with Gasteiger partial charge in [-0.1, -0.05) is 89.5 Å². The molecule has 31 heavy (non-hydrogen) atoms. The molecule has 0 aliphatic heterocycles. The van der Waals surface area contributed by atoms with Gasteiger partial charge in [0.25, 0.3) is 0 Å². The molecule has 3 aromatic rings. The van der Waals surface area contributed by atoms with Crippen LogP contribution in [0.4, 0.5) is 0 Å². The molecule has 7 rings (SSSR count). The second-order valence-corrected chi connectivity index (χ2v) is 11.2. The SMILES string of the molecule is Cc1ccc(C23C[C]4CC(c5ccc(C)cc5)(C2)CC(c2ccc(C)cc2)(C4)C3)cc1. The molecule has 0 saturated heterocycles. The van der Waals surface area contributed by atoms with E-state index < -0.39 is 0 Å². The van der Waals surface area contributed by atoms with Gasteiger partial charge in [0.2, 0.25) is 0 Å². The Bertz CT molecular complexity index is 946. The topological polar surface area (TPSA) is 0 Å². The number of hydrogen-bond acceptors (Lipinski definition) is 0. The van der Waals surface area contributed by atoms with E-state index in [9.17, 15) is 0 Å². The van der Waals surface area contributed by atoms with E-state index in [1.54, 1.807) is 16.7 Å². The van der Waals surface area contributed by atoms with Crippen molar-refractivity contribution in [1.82, 2.24) is 0 Å². The Morgan fingerprint density at radius 3 is 0.935 bits per heavy atom. The lowest BCUT2D eigenvalue weighted by molar-refractivity contribution is 0.0105. The zero-order chi connectivity index (χ0) is 21.3. The molecular weight excluding hydrogens is 372 g/mol. The molecular formula is C31H33. The third-order valence-electron chi connectivity index (χ3n) is 8.79. The average Bonchev–Trinajstić information content (AvgIpc) is 2.74. The van der Waals surface area contributed by atoms with Crippen LogP contribution in [-0.2, 0) is 16.2 Å². The lowest BCUT2D eigenvalue weighted by atomic mass is 9.36. The first kappa shape index (κ1) is 19.4. The highest BCUT2D eigenvalue weighted by atomic mass is 14.7. The summed E-state index contributed by atoms with van der Waals surface area (Å²) in [6.07, 6.45) is 7.75. The van der Waals surface area contributed by atoms with E-state index in [0.717, 1.165) is 0 Å². The van der Waals surface area contributed by atoms with E-state index in [2.05, 4.69) is 93.6 Å². The highest BCUT2D eigenvalue weighted by Crippen LogP contribution is 2.71. The quantitative estimate of drug-likeness (QED) is 0.419. The fraction of sp³-hybridized carbons (Fsp3) is 0.387. The fourth-order valence-electron chi connectivity index (χ4n) is 7.77. The molecule has 157 valence electrons. The molecule has 0 heterocycles. The van der Waals surface area contributed by atoms with Crippen LogP contribution in [0.1, 0.15) is 71.9 Å². The van der Waals surface area contributed by atoms with Gasteiger partial charge in [-0.25, -0.2) is 0 Å². The Labute approximate surface area is 187 Å². The van der Waals surface area contributed by atoms with Crippen molar-refractivity contribution in [2.75, 3.05) is 0 Å². The van der Waals surface area contributed by atoms with Crippen LogP contribution in [0.25, 0.3) is 0 Å². The molecule has 4 saturated carbocycles. The predicted octanol–water partition coefficient (Wildman–Crippen LogP) is 7.68. The first-order valence-electron chi connectivity index (χ1n) is 12.0. The van der Waals surface area contributed by atoms with Crippen LogP contribution in [0.15, 0.2) is 72.8 Å². The van der Waals surface area contributed by atoms with Crippen molar-refractivity contribution in [3.63, 3.8) is 0 Å². The number of benzene rings is 3. The summed E-state index contributed by atoms with van der Waals surface area (Å²) in [5.74, 6) is 1.81. The number of aryl methyl sites for hydroxylation is 3. The summed E-state index contributed by atoms with van der Waals surface area (Å²) in [6, 6.07) is 28.6. The van der Waals surface area contributed by atoms with Crippen LogP contribution in [0.2, 0.25) is 0 Å². The largest absolute Gasteiger partial charge is 0.0590 e. The van der Waals surface area contributed by atoms with Crippen molar-refractivity contribution >= 4 is 0 Å². The molecule has 3 aromatic carbocycles. The summed E-state index contributed by atoms with van der Waals surface area (Å²) in [6.45, 7) is 6.62. The summed E-state index contributed by atoms with van der Waals surface area (Å²) < 4.78 is 0. The summed E-state index contributed by atoms with van der Waals surface area (Å²) >= 11 is 0. The van der Waals surface area contributed by atoms with Crippen molar-refractivity contribution < 1.29 is 0 Å². The molecule has 4 fully saturated rings. The Morgan fingerprint density at radius 1 is 0.419 bits per heavy atom. The molecule has 0 spiro atoms. The third kappa shape index (κ3) is 2.94. The molecule has 0 atom stereocenters. The van der Waals surface area contributed by atoms with Crippen molar-refractivity contribution in [3.8, 4) is 0 Å². The Balaban J connectivity index is 1.54. The van der Waals surface area contributed by atoms with Gasteiger partial charge < -0.3 is 0 Å². The van der Waals surface area contributed by atoms with Gasteiger partial charge in [-0.2, -0.15) is 0 Å². The molecule has 0 N–H and O–H groups in total. The molecule has 0 amide bonds. The van der Waals surface area contributed by atoms with Gasteiger partial charge in [0.1, 0.15) is 0 Å². The van der Waals surface area contributed by atoms with E-state index in [4.69, 9.17) is 0 Å². The zero-order valence-corrected chi connectivity index (χ0v) is 19.2. The maximum Gasteiger partial charge on any atom is -0.00245 e. The van der Waals surface area contributed by atoms with E-state index in [-0.39, 0.29) is 16.2 Å². The van der Waals surface area contributed by atoms with Gasteiger partial charge >= 0.3 is 0 Å². The molecule has 0 aromatic heterocycles. The van der Waals surface area contributed by atoms with Gasteiger partial charge in [0, 0.05) is 0 Å². The minimum atomic E-state index is 0.271. The highest BCUT2D eigenvalue weighted by molar-refractivity contribution is 5.48. The molecule has 0 heteroatoms. The molecule has 4 bridgehead atoms. The van der Waals surface area contributed by atoms with Gasteiger partial charge in [0.15, 0.2) is 0 Å². The number of hydrogen-bond donors (Lipinski definition) is 0. The van der Waals surface area contributed by atoms with Crippen molar-refractivity contribution in [2.24, 2.45) is 0 Å². The fourth-order valence-corrected chi connectivity index (χ4v) is 7.77. The monoisotopic (exact) mass is 405 g/mol. The van der Waals surface area contributed by atoms with Crippen molar-refractivity contribution in [3.05, 3.63) is 112 Å². The van der Waals surface area contributed by atoms with Gasteiger partial charge in [0.05, 0.1) is 0 Å². The van der Waals surface area contributed by atoms with Crippen molar-refractivity contribution in [2.45, 2.75) is 75.5 Å². The zero-order valence-electron chi connectivity index (χ0n) is 19.2. The van der Waals surface area contributed by atoms with Gasteiger partial charge in [-0.15, -0.1) is 0 Å². The second kappa shape index (κ2) is 6.58.